The van der Waals surface area contributed by atoms with Gasteiger partial charge in [0.05, 0.1) is 0 Å². The van der Waals surface area contributed by atoms with Gasteiger partial charge in [-0.3, -0.25) is 0 Å². The molecule has 0 amide bonds. The standard InChI is InChI=1S/C6H5.CH4N.Mg/c1-2-4-6-5-3-1;1-2;/h1-5H;1-2H2;. The molecule has 0 radical (unpaired) electrons. The molecule has 9 heavy (non-hydrogen) atoms. The van der Waals surface area contributed by atoms with E-state index >= 15 is 0 Å². The van der Waals surface area contributed by atoms with Crippen molar-refractivity contribution in [2.45, 2.75) is 0 Å². The number of hydrogen-bond acceptors (Lipinski definition) is 1. The van der Waals surface area contributed by atoms with Crippen molar-refractivity contribution in [3.63, 3.8) is 0 Å². The Morgan fingerprint density at radius 1 is 1.22 bits per heavy atom. The second-order valence-corrected chi connectivity index (χ2v) is 3.92. The molecule has 0 fully saturated rings. The van der Waals surface area contributed by atoms with Gasteiger partial charge in [0.2, 0.25) is 0 Å². The Morgan fingerprint density at radius 2 is 1.89 bits per heavy atom. The number of benzene rings is 1. The van der Waals surface area contributed by atoms with Crippen LogP contribution >= 0.6 is 0 Å². The second kappa shape index (κ2) is 3.88. The van der Waals surface area contributed by atoms with E-state index in [2.05, 4.69) is 24.3 Å². The van der Waals surface area contributed by atoms with Crippen molar-refractivity contribution in [1.82, 2.24) is 0 Å². The van der Waals surface area contributed by atoms with E-state index in [9.17, 15) is 0 Å². The smallest absolute Gasteiger partial charge is 0.355 e. The van der Waals surface area contributed by atoms with Gasteiger partial charge in [-0.15, -0.1) is 0 Å². The summed E-state index contributed by atoms with van der Waals surface area (Å²) >= 11 is -0.123. The van der Waals surface area contributed by atoms with Gasteiger partial charge in [0, 0.05) is 0 Å². The number of nitrogens with two attached hydrogens (primary N) is 1. The van der Waals surface area contributed by atoms with E-state index in [0.29, 0.717) is 0 Å². The third-order valence-electron chi connectivity index (χ3n) is 1.28. The fraction of sp³-hybridized carbons (Fsp3) is 0.143. The van der Waals surface area contributed by atoms with Gasteiger partial charge in [-0.2, -0.15) is 3.69 Å². The molecule has 0 aromatic heterocycles. The van der Waals surface area contributed by atoms with E-state index in [-0.39, 0.29) is 20.4 Å². The van der Waals surface area contributed by atoms with E-state index in [1.165, 1.54) is 3.69 Å². The summed E-state index contributed by atoms with van der Waals surface area (Å²) in [5.41, 5.74) is 5.42. The summed E-state index contributed by atoms with van der Waals surface area (Å²) in [5.74, 6) is 0. The van der Waals surface area contributed by atoms with E-state index in [0.717, 1.165) is 4.67 Å². The molecule has 0 saturated carbocycles. The van der Waals surface area contributed by atoms with Crippen LogP contribution in [0.2, 0.25) is 0 Å². The van der Waals surface area contributed by atoms with Crippen LogP contribution in [-0.2, 0) is 0 Å². The molecule has 1 rings (SSSR count). The zero-order chi connectivity index (χ0) is 6.53. The summed E-state index contributed by atoms with van der Waals surface area (Å²) in [6.07, 6.45) is 0. The highest BCUT2D eigenvalue weighted by atomic mass is 24.5. The molecule has 0 aliphatic carbocycles. The number of hydrogen-bond donors (Lipinski definition) is 1. The molecule has 1 aromatic carbocycles. The molecule has 0 aliphatic rings. The van der Waals surface area contributed by atoms with Crippen molar-refractivity contribution in [2.24, 2.45) is 5.73 Å². The van der Waals surface area contributed by atoms with Gasteiger partial charge in [-0.05, 0) is 0 Å². The Labute approximate surface area is 65.0 Å². The van der Waals surface area contributed by atoms with Crippen molar-refractivity contribution in [3.8, 4) is 0 Å². The van der Waals surface area contributed by atoms with Crippen LogP contribution in [-0.4, -0.2) is 25.0 Å². The lowest BCUT2D eigenvalue weighted by Crippen LogP contribution is -2.22. The highest BCUT2D eigenvalue weighted by Gasteiger charge is 1.91. The normalized spacial score (nSPS) is 8.56. The summed E-state index contributed by atoms with van der Waals surface area (Å²) in [6.45, 7) is 0. The molecule has 0 bridgehead atoms. The van der Waals surface area contributed by atoms with Crippen molar-refractivity contribution >= 4 is 24.1 Å². The summed E-state index contributed by atoms with van der Waals surface area (Å²) in [7, 11) is 0. The fourth-order valence-corrected chi connectivity index (χ4v) is 1.75. The molecule has 2 N–H and O–H groups in total. The Hall–Kier alpha value is -0.0538. The minimum absolute atomic E-state index is 0.123. The predicted molar refractivity (Wildman–Crippen MR) is 40.9 cm³/mol. The van der Waals surface area contributed by atoms with Crippen LogP contribution in [0.4, 0.5) is 0 Å². The fourth-order valence-electron chi connectivity index (χ4n) is 0.811. The predicted octanol–water partition coefficient (Wildman–Crippen LogP) is -0.0677. The van der Waals surface area contributed by atoms with Crippen LogP contribution in [0.3, 0.4) is 0 Å². The Balaban J connectivity index is 2.61. The third kappa shape index (κ3) is 2.34. The van der Waals surface area contributed by atoms with Gasteiger partial charge < -0.3 is 5.73 Å². The monoisotopic (exact) mass is 131 g/mol. The first-order valence-corrected chi connectivity index (χ1v) is 4.88. The maximum absolute atomic E-state index is 5.42. The average molecular weight is 131 g/mol. The highest BCUT2D eigenvalue weighted by Crippen LogP contribution is 1.79. The molecule has 0 saturated heterocycles. The zero-order valence-electron chi connectivity index (χ0n) is 5.38. The summed E-state index contributed by atoms with van der Waals surface area (Å²) < 4.78 is 2.34. The van der Waals surface area contributed by atoms with Gasteiger partial charge in [0.1, 0.15) is 0 Å². The SMILES string of the molecule is N[CH2][Mg][c]1ccccc1. The lowest BCUT2D eigenvalue weighted by atomic mass is 10.4. The summed E-state index contributed by atoms with van der Waals surface area (Å²) in [4.78, 5) is 0. The minimum Gasteiger partial charge on any atom is -0.355 e. The zero-order valence-corrected chi connectivity index (χ0v) is 6.79. The van der Waals surface area contributed by atoms with Crippen LogP contribution in [0, 0.1) is 0 Å². The topological polar surface area (TPSA) is 26.0 Å². The maximum Gasteiger partial charge on any atom is 0.428 e. The Bertz CT molecular complexity index is 162. The van der Waals surface area contributed by atoms with Crippen molar-refractivity contribution < 1.29 is 0 Å². The van der Waals surface area contributed by atoms with Crippen LogP contribution in [0.1, 0.15) is 0 Å². The molecule has 0 aliphatic heterocycles. The van der Waals surface area contributed by atoms with Gasteiger partial charge in [-0.1, -0.05) is 35.0 Å². The van der Waals surface area contributed by atoms with Crippen LogP contribution in [0.15, 0.2) is 30.3 Å². The summed E-state index contributed by atoms with van der Waals surface area (Å²) in [5, 5.41) is 0. The summed E-state index contributed by atoms with van der Waals surface area (Å²) in [6, 6.07) is 10.5. The first-order chi connectivity index (χ1) is 4.43. The Kier molecular flexibility index (Phi) is 3.04. The van der Waals surface area contributed by atoms with E-state index < -0.39 is 0 Å². The maximum atomic E-state index is 5.42. The van der Waals surface area contributed by atoms with Crippen LogP contribution in [0.5, 0.6) is 0 Å². The molecule has 2 heteroatoms. The van der Waals surface area contributed by atoms with E-state index in [1.807, 2.05) is 6.07 Å². The molecule has 0 unspecified atom stereocenters. The Morgan fingerprint density at radius 3 is 2.44 bits per heavy atom. The molecule has 1 aromatic rings. The highest BCUT2D eigenvalue weighted by molar-refractivity contribution is 6.53. The molecule has 0 atom stereocenters. The quantitative estimate of drug-likeness (QED) is 0.559. The van der Waals surface area contributed by atoms with Crippen LogP contribution in [0.25, 0.3) is 0 Å². The third-order valence-corrected chi connectivity index (χ3v) is 2.61. The largest absolute Gasteiger partial charge is 0.428 e. The van der Waals surface area contributed by atoms with Gasteiger partial charge >= 0.3 is 20.4 Å². The minimum atomic E-state index is -0.123. The van der Waals surface area contributed by atoms with Gasteiger partial charge in [0.15, 0.2) is 0 Å². The molecule has 0 heterocycles. The van der Waals surface area contributed by atoms with E-state index in [1.54, 1.807) is 0 Å². The molecular weight excluding hydrogens is 122 g/mol. The average Bonchev–Trinajstić information content (AvgIpc) is 1.91. The van der Waals surface area contributed by atoms with Crippen LogP contribution < -0.4 is 9.43 Å². The van der Waals surface area contributed by atoms with Gasteiger partial charge in [-0.25, -0.2) is 0 Å². The first kappa shape index (κ1) is 7.06. The van der Waals surface area contributed by atoms with E-state index in [4.69, 9.17) is 5.73 Å². The van der Waals surface area contributed by atoms with Crippen molar-refractivity contribution in [2.75, 3.05) is 4.67 Å². The van der Waals surface area contributed by atoms with Crippen molar-refractivity contribution in [1.29, 1.82) is 0 Å². The second-order valence-electron chi connectivity index (χ2n) is 2.02. The first-order valence-electron chi connectivity index (χ1n) is 3.17. The lowest BCUT2D eigenvalue weighted by Gasteiger charge is -1.91. The molecule has 44 valence electrons. The molecular formula is C7H9MgN. The molecule has 1 nitrogen and oxygen atoms in total. The van der Waals surface area contributed by atoms with Gasteiger partial charge in [0.25, 0.3) is 0 Å². The van der Waals surface area contributed by atoms with Crippen molar-refractivity contribution in [3.05, 3.63) is 30.3 Å². The molecule has 0 spiro atoms. The number of rotatable bonds is 2. The lowest BCUT2D eigenvalue weighted by molar-refractivity contribution is 1.37.